The van der Waals surface area contributed by atoms with Crippen LogP contribution >= 0.6 is 0 Å². The molecule has 2 aromatic rings. The van der Waals surface area contributed by atoms with Crippen molar-refractivity contribution in [2.75, 3.05) is 19.6 Å². The first-order valence-corrected chi connectivity index (χ1v) is 8.46. The summed E-state index contributed by atoms with van der Waals surface area (Å²) in [6.07, 6.45) is 4.48. The van der Waals surface area contributed by atoms with Crippen LogP contribution in [0.4, 0.5) is 4.79 Å². The third kappa shape index (κ3) is 1.97. The lowest BCUT2D eigenvalue weighted by atomic mass is 9.98. The zero-order chi connectivity index (χ0) is 15.1. The summed E-state index contributed by atoms with van der Waals surface area (Å²) >= 11 is 0. The third-order valence-corrected chi connectivity index (χ3v) is 5.01. The molecule has 4 rings (SSSR count). The Balaban J connectivity index is 1.79. The molecule has 4 nitrogen and oxygen atoms in total. The van der Waals surface area contributed by atoms with E-state index in [4.69, 9.17) is 0 Å². The van der Waals surface area contributed by atoms with E-state index in [1.165, 1.54) is 29.5 Å². The van der Waals surface area contributed by atoms with Gasteiger partial charge in [0.05, 0.1) is 17.3 Å². The standard InChI is InChI=1S/C18H23N3O/c1-2-3-6-11-20-12-15-17-14(9-10-19-15)13-7-4-5-8-16(13)21(17)18(20)22/h4-5,7-8,15,19H,2-3,6,9-12H2,1H3. The number of aromatic nitrogens is 1. The van der Waals surface area contributed by atoms with Crippen molar-refractivity contribution in [1.82, 2.24) is 14.8 Å². The molecule has 1 aromatic carbocycles. The lowest BCUT2D eigenvalue weighted by molar-refractivity contribution is 0.178. The van der Waals surface area contributed by atoms with Crippen molar-refractivity contribution in [3.63, 3.8) is 0 Å². The fourth-order valence-corrected chi connectivity index (χ4v) is 3.96. The summed E-state index contributed by atoms with van der Waals surface area (Å²) in [7, 11) is 0. The summed E-state index contributed by atoms with van der Waals surface area (Å²) in [5.74, 6) is 0. The maximum Gasteiger partial charge on any atom is 0.328 e. The van der Waals surface area contributed by atoms with Crippen molar-refractivity contribution in [3.05, 3.63) is 35.5 Å². The van der Waals surface area contributed by atoms with E-state index in [-0.39, 0.29) is 12.1 Å². The molecule has 0 saturated carbocycles. The lowest BCUT2D eigenvalue weighted by Crippen LogP contribution is -2.49. The molecule has 0 aliphatic carbocycles. The van der Waals surface area contributed by atoms with Crippen molar-refractivity contribution in [3.8, 4) is 0 Å². The second kappa shape index (κ2) is 5.43. The highest BCUT2D eigenvalue weighted by Gasteiger charge is 2.36. The first-order valence-electron chi connectivity index (χ1n) is 8.46. The minimum Gasteiger partial charge on any atom is -0.322 e. The molecular weight excluding hydrogens is 274 g/mol. The Morgan fingerprint density at radius 3 is 3.00 bits per heavy atom. The summed E-state index contributed by atoms with van der Waals surface area (Å²) < 4.78 is 1.97. The number of para-hydroxylation sites is 1. The van der Waals surface area contributed by atoms with Crippen LogP contribution in [0.2, 0.25) is 0 Å². The molecule has 1 aromatic heterocycles. The summed E-state index contributed by atoms with van der Waals surface area (Å²) in [4.78, 5) is 15.0. The van der Waals surface area contributed by atoms with Gasteiger partial charge in [0, 0.05) is 18.5 Å². The molecule has 116 valence electrons. The predicted molar refractivity (Wildman–Crippen MR) is 88.3 cm³/mol. The largest absolute Gasteiger partial charge is 0.328 e. The van der Waals surface area contributed by atoms with Gasteiger partial charge in [0.25, 0.3) is 0 Å². The van der Waals surface area contributed by atoms with Gasteiger partial charge in [-0.1, -0.05) is 38.0 Å². The van der Waals surface area contributed by atoms with Crippen molar-refractivity contribution in [2.24, 2.45) is 0 Å². The number of amides is 1. The topological polar surface area (TPSA) is 37.3 Å². The van der Waals surface area contributed by atoms with E-state index in [2.05, 4.69) is 30.4 Å². The van der Waals surface area contributed by atoms with Crippen LogP contribution in [-0.4, -0.2) is 35.1 Å². The SMILES string of the molecule is CCCCCN1CC2NCCc3c2n(c2ccccc32)C1=O. The molecule has 1 amide bonds. The van der Waals surface area contributed by atoms with Crippen molar-refractivity contribution in [1.29, 1.82) is 0 Å². The molecule has 1 unspecified atom stereocenters. The Morgan fingerprint density at radius 2 is 2.14 bits per heavy atom. The van der Waals surface area contributed by atoms with Crippen LogP contribution < -0.4 is 5.32 Å². The smallest absolute Gasteiger partial charge is 0.322 e. The molecule has 1 N–H and O–H groups in total. The zero-order valence-electron chi connectivity index (χ0n) is 13.1. The normalized spacial score (nSPS) is 20.5. The van der Waals surface area contributed by atoms with Crippen molar-refractivity contribution < 1.29 is 4.79 Å². The molecule has 0 spiro atoms. The third-order valence-electron chi connectivity index (χ3n) is 5.01. The van der Waals surface area contributed by atoms with Gasteiger partial charge < -0.3 is 10.2 Å². The number of carbonyl (C=O) groups excluding carboxylic acids is 1. The molecule has 2 aliphatic heterocycles. The number of rotatable bonds is 4. The van der Waals surface area contributed by atoms with Crippen LogP contribution in [-0.2, 0) is 6.42 Å². The Morgan fingerprint density at radius 1 is 1.27 bits per heavy atom. The van der Waals surface area contributed by atoms with Crippen LogP contribution in [0.3, 0.4) is 0 Å². The number of benzene rings is 1. The average molecular weight is 297 g/mol. The Bertz CT molecular complexity index is 718. The van der Waals surface area contributed by atoms with Gasteiger partial charge >= 0.3 is 6.03 Å². The fourth-order valence-electron chi connectivity index (χ4n) is 3.96. The molecule has 0 bridgehead atoms. The number of unbranched alkanes of at least 4 members (excludes halogenated alkanes) is 2. The van der Waals surface area contributed by atoms with Gasteiger partial charge in [0.2, 0.25) is 0 Å². The summed E-state index contributed by atoms with van der Waals surface area (Å²) in [5.41, 5.74) is 3.66. The Labute approximate surface area is 131 Å². The molecular formula is C18H23N3O. The zero-order valence-corrected chi connectivity index (χ0v) is 13.1. The van der Waals surface area contributed by atoms with Crippen LogP contribution in [0.25, 0.3) is 10.9 Å². The van der Waals surface area contributed by atoms with E-state index in [1.54, 1.807) is 0 Å². The minimum absolute atomic E-state index is 0.161. The molecule has 3 heterocycles. The monoisotopic (exact) mass is 297 g/mol. The van der Waals surface area contributed by atoms with Crippen molar-refractivity contribution >= 4 is 16.9 Å². The van der Waals surface area contributed by atoms with E-state index < -0.39 is 0 Å². The van der Waals surface area contributed by atoms with Gasteiger partial charge in [-0.2, -0.15) is 0 Å². The first-order chi connectivity index (χ1) is 10.8. The second-order valence-corrected chi connectivity index (χ2v) is 6.41. The number of nitrogens with zero attached hydrogens (tertiary/aromatic N) is 2. The lowest BCUT2D eigenvalue weighted by Gasteiger charge is -2.37. The number of nitrogens with one attached hydrogen (secondary N) is 1. The maximum atomic E-state index is 13.0. The molecule has 0 radical (unpaired) electrons. The summed E-state index contributed by atoms with van der Waals surface area (Å²) in [5, 5.41) is 4.86. The second-order valence-electron chi connectivity index (χ2n) is 6.41. The van der Waals surface area contributed by atoms with Crippen LogP contribution in [0.5, 0.6) is 0 Å². The van der Waals surface area contributed by atoms with Gasteiger partial charge in [0.15, 0.2) is 0 Å². The highest BCUT2D eigenvalue weighted by atomic mass is 16.2. The number of hydrogen-bond donors (Lipinski definition) is 1. The quantitative estimate of drug-likeness (QED) is 0.879. The predicted octanol–water partition coefficient (Wildman–Crippen LogP) is 3.30. The van der Waals surface area contributed by atoms with Gasteiger partial charge in [-0.05, 0) is 31.0 Å². The van der Waals surface area contributed by atoms with E-state index in [0.717, 1.165) is 38.0 Å². The molecule has 22 heavy (non-hydrogen) atoms. The van der Waals surface area contributed by atoms with Gasteiger partial charge in [0.1, 0.15) is 0 Å². The highest BCUT2D eigenvalue weighted by molar-refractivity contribution is 5.96. The molecule has 0 fully saturated rings. The van der Waals surface area contributed by atoms with E-state index >= 15 is 0 Å². The van der Waals surface area contributed by atoms with Crippen LogP contribution in [0, 0.1) is 0 Å². The first kappa shape index (κ1) is 13.8. The van der Waals surface area contributed by atoms with Crippen LogP contribution in [0.1, 0.15) is 43.5 Å². The van der Waals surface area contributed by atoms with Gasteiger partial charge in [-0.15, -0.1) is 0 Å². The highest BCUT2D eigenvalue weighted by Crippen LogP contribution is 2.36. The minimum atomic E-state index is 0.161. The Kier molecular flexibility index (Phi) is 3.41. The van der Waals surface area contributed by atoms with E-state index in [1.807, 2.05) is 15.5 Å². The molecule has 4 heteroatoms. The van der Waals surface area contributed by atoms with E-state index in [9.17, 15) is 4.79 Å². The Hall–Kier alpha value is -1.81. The van der Waals surface area contributed by atoms with E-state index in [0.29, 0.717) is 0 Å². The summed E-state index contributed by atoms with van der Waals surface area (Å²) in [6.45, 7) is 4.88. The van der Waals surface area contributed by atoms with Gasteiger partial charge in [-0.25, -0.2) is 4.79 Å². The van der Waals surface area contributed by atoms with Crippen molar-refractivity contribution in [2.45, 2.75) is 38.6 Å². The summed E-state index contributed by atoms with van der Waals surface area (Å²) in [6, 6.07) is 8.79. The molecule has 1 atom stereocenters. The number of hydrogen-bond acceptors (Lipinski definition) is 2. The fraction of sp³-hybridized carbons (Fsp3) is 0.500. The van der Waals surface area contributed by atoms with Gasteiger partial charge in [-0.3, -0.25) is 4.57 Å². The molecule has 2 aliphatic rings. The number of carbonyl (C=O) groups is 1. The maximum absolute atomic E-state index is 13.0. The molecule has 0 saturated heterocycles. The number of fused-ring (bicyclic) bond motifs is 3. The van der Waals surface area contributed by atoms with Crippen LogP contribution in [0.15, 0.2) is 24.3 Å². The average Bonchev–Trinajstić information content (AvgIpc) is 2.89.